The average molecular weight is 368 g/mol. The summed E-state index contributed by atoms with van der Waals surface area (Å²) in [4.78, 5) is 21.9. The first kappa shape index (κ1) is 18.5. The number of nitrogens with zero attached hydrogens (tertiary/aromatic N) is 1. The van der Waals surface area contributed by atoms with Crippen molar-refractivity contribution in [1.29, 1.82) is 0 Å². The number of carbonyl (C=O) groups is 1. The predicted octanol–water partition coefficient (Wildman–Crippen LogP) is 5.19. The summed E-state index contributed by atoms with van der Waals surface area (Å²) in [6, 6.07) is 15.5. The number of amides is 1. The maximum atomic E-state index is 12.7. The highest BCUT2D eigenvalue weighted by atomic mass is 32.2. The highest BCUT2D eigenvalue weighted by molar-refractivity contribution is 7.99. The maximum Gasteiger partial charge on any atom is 0.251 e. The molecule has 1 unspecified atom stereocenters. The highest BCUT2D eigenvalue weighted by Gasteiger charge is 2.22. The van der Waals surface area contributed by atoms with Crippen molar-refractivity contribution in [2.24, 2.45) is 5.92 Å². The van der Waals surface area contributed by atoms with E-state index in [4.69, 9.17) is 0 Å². The van der Waals surface area contributed by atoms with Crippen molar-refractivity contribution in [2.45, 2.75) is 43.9 Å². The van der Waals surface area contributed by atoms with Gasteiger partial charge in [-0.3, -0.25) is 4.79 Å². The van der Waals surface area contributed by atoms with Gasteiger partial charge in [-0.1, -0.05) is 39.8 Å². The van der Waals surface area contributed by atoms with E-state index in [-0.39, 0.29) is 17.9 Å². The second kappa shape index (κ2) is 7.96. The maximum absolute atomic E-state index is 12.7. The monoisotopic (exact) mass is 367 g/mol. The lowest BCUT2D eigenvalue weighted by molar-refractivity contribution is 0.0923. The minimum atomic E-state index is -0.167. The normalized spacial score (nSPS) is 12.7. The van der Waals surface area contributed by atoms with Crippen LogP contribution in [0.5, 0.6) is 0 Å². The number of imidazole rings is 1. The predicted molar refractivity (Wildman–Crippen MR) is 109 cm³/mol. The van der Waals surface area contributed by atoms with Crippen molar-refractivity contribution in [3.8, 4) is 0 Å². The lowest BCUT2D eigenvalue weighted by Crippen LogP contribution is -2.32. The number of nitrogens with one attached hydrogen (secondary N) is 2. The topological polar surface area (TPSA) is 57.8 Å². The van der Waals surface area contributed by atoms with Gasteiger partial charge in [0.05, 0.1) is 17.1 Å². The number of carbonyl (C=O) groups excluding carboxylic acids is 1. The number of aromatic nitrogens is 2. The lowest BCUT2D eigenvalue weighted by Gasteiger charge is -2.20. The van der Waals surface area contributed by atoms with Crippen LogP contribution < -0.4 is 5.32 Å². The van der Waals surface area contributed by atoms with Crippen LogP contribution in [0.3, 0.4) is 0 Å². The molecule has 0 aliphatic rings. The lowest BCUT2D eigenvalue weighted by atomic mass is 10.0. The Hall–Kier alpha value is -2.27. The van der Waals surface area contributed by atoms with Crippen molar-refractivity contribution >= 4 is 28.7 Å². The fourth-order valence-corrected chi connectivity index (χ4v) is 3.69. The Bertz CT molecular complexity index is 851. The summed E-state index contributed by atoms with van der Waals surface area (Å²) >= 11 is 1.79. The summed E-state index contributed by atoms with van der Waals surface area (Å²) in [5.41, 5.74) is 2.56. The molecule has 0 bridgehead atoms. The first-order chi connectivity index (χ1) is 12.4. The molecule has 0 saturated carbocycles. The van der Waals surface area contributed by atoms with Gasteiger partial charge in [-0.05, 0) is 42.3 Å². The van der Waals surface area contributed by atoms with E-state index in [0.717, 1.165) is 16.9 Å². The molecule has 4 nitrogen and oxygen atoms in total. The fraction of sp³-hybridized carbons (Fsp3) is 0.333. The summed E-state index contributed by atoms with van der Waals surface area (Å²) in [5, 5.41) is 3.65. The van der Waals surface area contributed by atoms with E-state index in [2.05, 4.69) is 43.0 Å². The van der Waals surface area contributed by atoms with Gasteiger partial charge in [-0.15, -0.1) is 11.8 Å². The van der Waals surface area contributed by atoms with Crippen molar-refractivity contribution < 1.29 is 4.79 Å². The van der Waals surface area contributed by atoms with E-state index in [0.29, 0.717) is 10.8 Å². The number of fused-ring (bicyclic) bond motifs is 1. The molecule has 0 saturated heterocycles. The molecule has 1 atom stereocenters. The van der Waals surface area contributed by atoms with Crippen LogP contribution in [0.25, 0.3) is 11.0 Å². The van der Waals surface area contributed by atoms with Gasteiger partial charge in [0.2, 0.25) is 0 Å². The number of rotatable bonds is 6. The van der Waals surface area contributed by atoms with E-state index in [9.17, 15) is 4.79 Å². The number of H-pyrrole nitrogens is 1. The van der Waals surface area contributed by atoms with E-state index in [1.54, 1.807) is 11.8 Å². The van der Waals surface area contributed by atoms with Crippen LogP contribution in [-0.4, -0.2) is 21.1 Å². The van der Waals surface area contributed by atoms with Gasteiger partial charge in [0.15, 0.2) is 0 Å². The molecular formula is C21H25N3OS. The minimum absolute atomic E-state index is 0.0785. The Balaban J connectivity index is 1.78. The third-order valence-corrected chi connectivity index (χ3v) is 5.16. The minimum Gasteiger partial charge on any atom is -0.342 e. The van der Waals surface area contributed by atoms with E-state index < -0.39 is 0 Å². The van der Waals surface area contributed by atoms with E-state index >= 15 is 0 Å². The summed E-state index contributed by atoms with van der Waals surface area (Å²) in [6.07, 6.45) is 0. The second-order valence-corrected chi connectivity index (χ2v) is 8.68. The molecule has 2 N–H and O–H groups in total. The van der Waals surface area contributed by atoms with Crippen LogP contribution in [-0.2, 0) is 0 Å². The standard InChI is InChI=1S/C21H25N3OS/c1-13(2)19(20-22-17-7-5-6-8-18(17)23-20)24-21(25)15-9-11-16(12-10-15)26-14(3)4/h5-14,19H,1-4H3,(H,22,23)(H,24,25). The van der Waals surface area contributed by atoms with Crippen LogP contribution in [0, 0.1) is 5.92 Å². The average Bonchev–Trinajstić information content (AvgIpc) is 3.03. The third-order valence-electron chi connectivity index (χ3n) is 4.14. The number of thioether (sulfide) groups is 1. The molecule has 1 heterocycles. The number of benzene rings is 2. The molecule has 0 fully saturated rings. The Labute approximate surface area is 158 Å². The Kier molecular flexibility index (Phi) is 5.67. The summed E-state index contributed by atoms with van der Waals surface area (Å²) in [7, 11) is 0. The van der Waals surface area contributed by atoms with Crippen LogP contribution in [0.1, 0.15) is 49.9 Å². The Morgan fingerprint density at radius 1 is 1.04 bits per heavy atom. The molecule has 0 spiro atoms. The van der Waals surface area contributed by atoms with Gasteiger partial charge in [0, 0.05) is 15.7 Å². The first-order valence-corrected chi connectivity index (χ1v) is 9.84. The van der Waals surface area contributed by atoms with Crippen LogP contribution >= 0.6 is 11.8 Å². The molecule has 136 valence electrons. The third kappa shape index (κ3) is 4.28. The Morgan fingerprint density at radius 2 is 1.73 bits per heavy atom. The van der Waals surface area contributed by atoms with Crippen LogP contribution in [0.4, 0.5) is 0 Å². The van der Waals surface area contributed by atoms with Gasteiger partial charge in [0.25, 0.3) is 5.91 Å². The van der Waals surface area contributed by atoms with Crippen molar-refractivity contribution in [1.82, 2.24) is 15.3 Å². The highest BCUT2D eigenvalue weighted by Crippen LogP contribution is 2.25. The SMILES string of the molecule is CC(C)Sc1ccc(C(=O)NC(c2nc3ccccc3[nH]2)C(C)C)cc1. The number of hydrogen-bond donors (Lipinski definition) is 2. The quantitative estimate of drug-likeness (QED) is 0.589. The summed E-state index contributed by atoms with van der Waals surface area (Å²) in [6.45, 7) is 8.48. The molecule has 3 aromatic rings. The molecule has 0 aliphatic carbocycles. The summed E-state index contributed by atoms with van der Waals surface area (Å²) < 4.78 is 0. The fourth-order valence-electron chi connectivity index (χ4n) is 2.85. The number of para-hydroxylation sites is 2. The zero-order chi connectivity index (χ0) is 18.7. The first-order valence-electron chi connectivity index (χ1n) is 8.96. The smallest absolute Gasteiger partial charge is 0.251 e. The van der Waals surface area contributed by atoms with Crippen LogP contribution in [0.15, 0.2) is 53.4 Å². The molecule has 2 aromatic carbocycles. The van der Waals surface area contributed by atoms with Gasteiger partial charge in [-0.25, -0.2) is 4.98 Å². The van der Waals surface area contributed by atoms with Crippen LogP contribution in [0.2, 0.25) is 0 Å². The largest absolute Gasteiger partial charge is 0.342 e. The van der Waals surface area contributed by atoms with E-state index in [1.165, 1.54) is 4.90 Å². The Morgan fingerprint density at radius 3 is 2.35 bits per heavy atom. The van der Waals surface area contributed by atoms with Crippen molar-refractivity contribution in [3.63, 3.8) is 0 Å². The number of aromatic amines is 1. The van der Waals surface area contributed by atoms with Gasteiger partial charge < -0.3 is 10.3 Å². The molecule has 1 amide bonds. The van der Waals surface area contributed by atoms with Gasteiger partial charge in [0.1, 0.15) is 5.82 Å². The molecule has 1 aromatic heterocycles. The number of hydrogen-bond acceptors (Lipinski definition) is 3. The zero-order valence-electron chi connectivity index (χ0n) is 15.6. The van der Waals surface area contributed by atoms with E-state index in [1.807, 2.05) is 48.5 Å². The van der Waals surface area contributed by atoms with Crippen molar-refractivity contribution in [2.75, 3.05) is 0 Å². The van der Waals surface area contributed by atoms with Gasteiger partial charge in [-0.2, -0.15) is 0 Å². The zero-order valence-corrected chi connectivity index (χ0v) is 16.4. The molecule has 26 heavy (non-hydrogen) atoms. The van der Waals surface area contributed by atoms with Crippen molar-refractivity contribution in [3.05, 3.63) is 59.9 Å². The molecular weight excluding hydrogens is 342 g/mol. The molecule has 5 heteroatoms. The van der Waals surface area contributed by atoms with Gasteiger partial charge >= 0.3 is 0 Å². The molecule has 3 rings (SSSR count). The second-order valence-electron chi connectivity index (χ2n) is 7.03. The summed E-state index contributed by atoms with van der Waals surface area (Å²) in [5.74, 6) is 0.932. The molecule has 0 aliphatic heterocycles. The molecule has 0 radical (unpaired) electrons.